The van der Waals surface area contributed by atoms with Gasteiger partial charge in [0.15, 0.2) is 0 Å². The van der Waals surface area contributed by atoms with E-state index in [9.17, 15) is 0 Å². The minimum atomic E-state index is 0.311. The topological polar surface area (TPSA) is 24.9 Å². The first-order chi connectivity index (χ1) is 7.86. The summed E-state index contributed by atoms with van der Waals surface area (Å²) in [6.07, 6.45) is 4.73. The standard InChI is InChI=1S/C14H16N2/c1-3-6-13(15-2)12-9-10-16-14-8-5-4-7-11(12)14/h3-5,7-10,13,15H,1,6H2,2H3. The van der Waals surface area contributed by atoms with Crippen molar-refractivity contribution in [2.24, 2.45) is 0 Å². The van der Waals surface area contributed by atoms with Crippen LogP contribution in [-0.4, -0.2) is 12.0 Å². The molecule has 0 spiro atoms. The van der Waals surface area contributed by atoms with Gasteiger partial charge in [-0.3, -0.25) is 4.98 Å². The Hall–Kier alpha value is -1.67. The van der Waals surface area contributed by atoms with E-state index in [-0.39, 0.29) is 0 Å². The maximum absolute atomic E-state index is 4.37. The Morgan fingerprint density at radius 1 is 1.38 bits per heavy atom. The summed E-state index contributed by atoms with van der Waals surface area (Å²) in [6.45, 7) is 3.80. The molecule has 2 heteroatoms. The zero-order valence-corrected chi connectivity index (χ0v) is 9.48. The highest BCUT2D eigenvalue weighted by atomic mass is 14.9. The minimum absolute atomic E-state index is 0.311. The molecule has 2 aromatic rings. The molecule has 0 saturated heterocycles. The molecule has 0 aliphatic heterocycles. The normalized spacial score (nSPS) is 12.6. The van der Waals surface area contributed by atoms with Gasteiger partial charge < -0.3 is 5.32 Å². The molecule has 1 aromatic heterocycles. The van der Waals surface area contributed by atoms with Gasteiger partial charge in [-0.15, -0.1) is 6.58 Å². The van der Waals surface area contributed by atoms with Crippen LogP contribution < -0.4 is 5.32 Å². The fourth-order valence-electron chi connectivity index (χ4n) is 1.99. The second-order valence-electron chi connectivity index (χ2n) is 3.78. The van der Waals surface area contributed by atoms with Gasteiger partial charge in [-0.2, -0.15) is 0 Å². The Balaban J connectivity index is 2.54. The highest BCUT2D eigenvalue weighted by Gasteiger charge is 2.10. The molecular formula is C14H16N2. The van der Waals surface area contributed by atoms with E-state index < -0.39 is 0 Å². The highest BCUT2D eigenvalue weighted by Crippen LogP contribution is 2.24. The Kier molecular flexibility index (Phi) is 3.32. The predicted octanol–water partition coefficient (Wildman–Crippen LogP) is 3.07. The van der Waals surface area contributed by atoms with Crippen molar-refractivity contribution in [3.05, 3.63) is 54.7 Å². The van der Waals surface area contributed by atoms with Gasteiger partial charge in [-0.25, -0.2) is 0 Å². The van der Waals surface area contributed by atoms with E-state index in [1.54, 1.807) is 0 Å². The van der Waals surface area contributed by atoms with Crippen molar-refractivity contribution in [1.82, 2.24) is 10.3 Å². The van der Waals surface area contributed by atoms with Crippen molar-refractivity contribution in [3.63, 3.8) is 0 Å². The van der Waals surface area contributed by atoms with Crippen molar-refractivity contribution in [2.75, 3.05) is 7.05 Å². The second-order valence-corrected chi connectivity index (χ2v) is 3.78. The third kappa shape index (κ3) is 1.97. The minimum Gasteiger partial charge on any atom is -0.313 e. The van der Waals surface area contributed by atoms with Crippen LogP contribution >= 0.6 is 0 Å². The third-order valence-corrected chi connectivity index (χ3v) is 2.81. The van der Waals surface area contributed by atoms with Crippen LogP contribution in [0.4, 0.5) is 0 Å². The van der Waals surface area contributed by atoms with Gasteiger partial charge in [0.25, 0.3) is 0 Å². The van der Waals surface area contributed by atoms with E-state index in [1.165, 1.54) is 10.9 Å². The molecule has 2 nitrogen and oxygen atoms in total. The molecular weight excluding hydrogens is 196 g/mol. The van der Waals surface area contributed by atoms with Crippen LogP contribution in [0.5, 0.6) is 0 Å². The van der Waals surface area contributed by atoms with Crippen LogP contribution in [0.15, 0.2) is 49.2 Å². The molecule has 0 saturated carbocycles. The van der Waals surface area contributed by atoms with Gasteiger partial charge >= 0.3 is 0 Å². The number of benzene rings is 1. The third-order valence-electron chi connectivity index (χ3n) is 2.81. The summed E-state index contributed by atoms with van der Waals surface area (Å²) in [5, 5.41) is 4.53. The molecule has 1 aromatic carbocycles. The molecule has 0 aliphatic rings. The number of pyridine rings is 1. The van der Waals surface area contributed by atoms with Crippen molar-refractivity contribution < 1.29 is 0 Å². The molecule has 0 aliphatic carbocycles. The smallest absolute Gasteiger partial charge is 0.0705 e. The summed E-state index contributed by atoms with van der Waals surface area (Å²) in [6, 6.07) is 10.6. The van der Waals surface area contributed by atoms with Crippen LogP contribution in [-0.2, 0) is 0 Å². The Morgan fingerprint density at radius 3 is 2.94 bits per heavy atom. The summed E-state index contributed by atoms with van der Waals surface area (Å²) < 4.78 is 0. The Labute approximate surface area is 96.0 Å². The number of fused-ring (bicyclic) bond motifs is 1. The zero-order valence-electron chi connectivity index (χ0n) is 9.48. The first-order valence-electron chi connectivity index (χ1n) is 5.48. The Bertz CT molecular complexity index is 486. The van der Waals surface area contributed by atoms with Crippen LogP contribution in [0.3, 0.4) is 0 Å². The molecule has 1 N–H and O–H groups in total. The number of hydrogen-bond donors (Lipinski definition) is 1. The van der Waals surface area contributed by atoms with Crippen molar-refractivity contribution in [2.45, 2.75) is 12.5 Å². The maximum Gasteiger partial charge on any atom is 0.0705 e. The van der Waals surface area contributed by atoms with Crippen LogP contribution in [0.2, 0.25) is 0 Å². The van der Waals surface area contributed by atoms with Crippen LogP contribution in [0, 0.1) is 0 Å². The second kappa shape index (κ2) is 4.90. The van der Waals surface area contributed by atoms with E-state index in [0.29, 0.717) is 6.04 Å². The van der Waals surface area contributed by atoms with Gasteiger partial charge in [0.2, 0.25) is 0 Å². The highest BCUT2D eigenvalue weighted by molar-refractivity contribution is 5.82. The molecule has 0 radical (unpaired) electrons. The van der Waals surface area contributed by atoms with Gasteiger partial charge in [-0.1, -0.05) is 24.3 Å². The zero-order chi connectivity index (χ0) is 11.4. The fourth-order valence-corrected chi connectivity index (χ4v) is 1.99. The van der Waals surface area contributed by atoms with Crippen molar-refractivity contribution in [1.29, 1.82) is 0 Å². The summed E-state index contributed by atoms with van der Waals surface area (Å²) in [5.41, 5.74) is 2.33. The first kappa shape index (κ1) is 10.8. The first-order valence-corrected chi connectivity index (χ1v) is 5.48. The Morgan fingerprint density at radius 2 is 2.19 bits per heavy atom. The average Bonchev–Trinajstić information content (AvgIpc) is 2.35. The van der Waals surface area contributed by atoms with Crippen LogP contribution in [0.1, 0.15) is 18.0 Å². The molecule has 1 atom stereocenters. The van der Waals surface area contributed by atoms with Gasteiger partial charge in [0, 0.05) is 17.6 Å². The lowest BCUT2D eigenvalue weighted by atomic mass is 10.00. The van der Waals surface area contributed by atoms with Gasteiger partial charge in [0.05, 0.1) is 5.52 Å². The van der Waals surface area contributed by atoms with Crippen molar-refractivity contribution >= 4 is 10.9 Å². The SMILES string of the molecule is C=CCC(NC)c1ccnc2ccccc12. The summed E-state index contributed by atoms with van der Waals surface area (Å²) in [7, 11) is 1.98. The molecule has 16 heavy (non-hydrogen) atoms. The number of rotatable bonds is 4. The van der Waals surface area contributed by atoms with E-state index in [1.807, 2.05) is 37.5 Å². The summed E-state index contributed by atoms with van der Waals surface area (Å²) in [5.74, 6) is 0. The quantitative estimate of drug-likeness (QED) is 0.788. The number of para-hydroxylation sites is 1. The molecule has 1 unspecified atom stereocenters. The lowest BCUT2D eigenvalue weighted by Crippen LogP contribution is -2.15. The molecule has 2 rings (SSSR count). The van der Waals surface area contributed by atoms with Gasteiger partial charge in [-0.05, 0) is 31.2 Å². The van der Waals surface area contributed by atoms with E-state index >= 15 is 0 Å². The number of nitrogens with zero attached hydrogens (tertiary/aromatic N) is 1. The summed E-state index contributed by atoms with van der Waals surface area (Å²) in [4.78, 5) is 4.37. The van der Waals surface area contributed by atoms with Crippen molar-refractivity contribution in [3.8, 4) is 0 Å². The van der Waals surface area contributed by atoms with E-state index in [0.717, 1.165) is 11.9 Å². The molecule has 0 amide bonds. The van der Waals surface area contributed by atoms with Crippen LogP contribution in [0.25, 0.3) is 10.9 Å². The molecule has 0 bridgehead atoms. The largest absolute Gasteiger partial charge is 0.313 e. The average molecular weight is 212 g/mol. The lowest BCUT2D eigenvalue weighted by Gasteiger charge is -2.16. The lowest BCUT2D eigenvalue weighted by molar-refractivity contribution is 0.607. The number of nitrogens with one attached hydrogen (secondary N) is 1. The number of hydrogen-bond acceptors (Lipinski definition) is 2. The molecule has 82 valence electrons. The van der Waals surface area contributed by atoms with E-state index in [2.05, 4.69) is 29.0 Å². The monoisotopic (exact) mass is 212 g/mol. The maximum atomic E-state index is 4.37. The fraction of sp³-hybridized carbons (Fsp3) is 0.214. The molecule has 0 fully saturated rings. The predicted molar refractivity (Wildman–Crippen MR) is 68.4 cm³/mol. The molecule has 1 heterocycles. The number of aromatic nitrogens is 1. The summed E-state index contributed by atoms with van der Waals surface area (Å²) >= 11 is 0. The van der Waals surface area contributed by atoms with E-state index in [4.69, 9.17) is 0 Å². The van der Waals surface area contributed by atoms with Gasteiger partial charge in [0.1, 0.15) is 0 Å².